The Bertz CT molecular complexity index is 943. The minimum absolute atomic E-state index is 0.209. The molecule has 0 bridgehead atoms. The number of esters is 1. The fourth-order valence-corrected chi connectivity index (χ4v) is 3.26. The van der Waals surface area contributed by atoms with Crippen LogP contribution in [0.1, 0.15) is 35.9 Å². The third-order valence-corrected chi connectivity index (χ3v) is 4.74. The lowest BCUT2D eigenvalue weighted by Crippen LogP contribution is -2.36. The number of aryl methyl sites for hydroxylation is 1. The van der Waals surface area contributed by atoms with Crippen LogP contribution in [0.4, 0.5) is 0 Å². The van der Waals surface area contributed by atoms with Gasteiger partial charge >= 0.3 is 5.97 Å². The van der Waals surface area contributed by atoms with Crippen molar-refractivity contribution in [3.63, 3.8) is 0 Å². The molecular weight excluding hydrogens is 340 g/mol. The van der Waals surface area contributed by atoms with Crippen LogP contribution in [0.25, 0.3) is 10.9 Å². The zero-order valence-electron chi connectivity index (χ0n) is 15.9. The van der Waals surface area contributed by atoms with E-state index in [-0.39, 0.29) is 5.91 Å². The number of likely N-dealkylation sites (N-methyl/N-ethyl adjacent to an activating group) is 1. The van der Waals surface area contributed by atoms with Gasteiger partial charge in [-0.3, -0.25) is 4.79 Å². The van der Waals surface area contributed by atoms with Crippen LogP contribution in [0.2, 0.25) is 0 Å². The Hall–Kier alpha value is -3.08. The van der Waals surface area contributed by atoms with Crippen molar-refractivity contribution < 1.29 is 14.3 Å². The zero-order chi connectivity index (χ0) is 19.4. The monoisotopic (exact) mass is 364 g/mol. The fraction of sp³-hybridized carbons (Fsp3) is 0.273. The Kier molecular flexibility index (Phi) is 5.60. The summed E-state index contributed by atoms with van der Waals surface area (Å²) in [5.74, 6) is -0.707. The van der Waals surface area contributed by atoms with Crippen molar-refractivity contribution in [2.75, 3.05) is 13.1 Å². The van der Waals surface area contributed by atoms with Crippen LogP contribution in [0, 0.1) is 0 Å². The third kappa shape index (κ3) is 3.72. The number of carbonyl (C=O) groups is 2. The SMILES string of the molecule is CCN(CC)C(=O)[C@H](OC(=O)c1cn(C)c2ccccc12)c1ccccc1. The lowest BCUT2D eigenvalue weighted by atomic mass is 10.1. The van der Waals surface area contributed by atoms with Gasteiger partial charge in [-0.2, -0.15) is 0 Å². The van der Waals surface area contributed by atoms with Crippen LogP contribution in [0.5, 0.6) is 0 Å². The molecule has 1 aromatic heterocycles. The standard InChI is InChI=1S/C22H24N2O3/c1-4-24(5-2)21(25)20(16-11-7-6-8-12-16)27-22(26)18-15-23(3)19-14-10-9-13-17(18)19/h6-15,20H,4-5H2,1-3H3/t20-/m1/s1. The maximum Gasteiger partial charge on any atom is 0.341 e. The second kappa shape index (κ2) is 8.08. The van der Waals surface area contributed by atoms with Crippen molar-refractivity contribution in [1.82, 2.24) is 9.47 Å². The summed E-state index contributed by atoms with van der Waals surface area (Å²) in [4.78, 5) is 27.6. The number of hydrogen-bond donors (Lipinski definition) is 0. The van der Waals surface area contributed by atoms with Gasteiger partial charge in [-0.15, -0.1) is 0 Å². The van der Waals surface area contributed by atoms with E-state index in [1.54, 1.807) is 11.1 Å². The molecule has 27 heavy (non-hydrogen) atoms. The molecule has 0 saturated carbocycles. The molecular formula is C22H24N2O3. The quantitative estimate of drug-likeness (QED) is 0.623. The third-order valence-electron chi connectivity index (χ3n) is 4.74. The van der Waals surface area contributed by atoms with Crippen LogP contribution in [0.15, 0.2) is 60.8 Å². The number of fused-ring (bicyclic) bond motifs is 1. The molecule has 1 amide bonds. The van der Waals surface area contributed by atoms with Gasteiger partial charge in [0.05, 0.1) is 5.56 Å². The molecule has 5 heteroatoms. The van der Waals surface area contributed by atoms with Crippen LogP contribution in [0.3, 0.4) is 0 Å². The highest BCUT2D eigenvalue weighted by molar-refractivity contribution is 6.05. The molecule has 0 unspecified atom stereocenters. The molecule has 3 aromatic rings. The summed E-state index contributed by atoms with van der Waals surface area (Å²) in [5.41, 5.74) is 2.07. The predicted molar refractivity (Wildman–Crippen MR) is 105 cm³/mol. The normalized spacial score (nSPS) is 12.0. The van der Waals surface area contributed by atoms with E-state index in [9.17, 15) is 9.59 Å². The Balaban J connectivity index is 1.96. The molecule has 0 saturated heterocycles. The van der Waals surface area contributed by atoms with Gasteiger partial charge in [0.1, 0.15) is 0 Å². The minimum Gasteiger partial charge on any atom is -0.444 e. The van der Waals surface area contributed by atoms with Crippen molar-refractivity contribution in [1.29, 1.82) is 0 Å². The van der Waals surface area contributed by atoms with Crippen molar-refractivity contribution in [3.05, 3.63) is 71.9 Å². The van der Waals surface area contributed by atoms with Crippen molar-refractivity contribution in [2.24, 2.45) is 7.05 Å². The Morgan fingerprint density at radius 1 is 1.00 bits per heavy atom. The van der Waals surface area contributed by atoms with Gasteiger partial charge < -0.3 is 14.2 Å². The lowest BCUT2D eigenvalue weighted by molar-refractivity contribution is -0.140. The van der Waals surface area contributed by atoms with Crippen molar-refractivity contribution in [2.45, 2.75) is 20.0 Å². The summed E-state index contributed by atoms with van der Waals surface area (Å²) < 4.78 is 7.63. The molecule has 0 fully saturated rings. The summed E-state index contributed by atoms with van der Waals surface area (Å²) in [6.07, 6.45) is 0.786. The highest BCUT2D eigenvalue weighted by atomic mass is 16.5. The molecule has 1 atom stereocenters. The molecule has 0 aliphatic rings. The molecule has 0 aliphatic heterocycles. The Morgan fingerprint density at radius 2 is 1.63 bits per heavy atom. The van der Waals surface area contributed by atoms with Gasteiger partial charge in [0.25, 0.3) is 5.91 Å². The Morgan fingerprint density at radius 3 is 2.30 bits per heavy atom. The molecule has 2 aromatic carbocycles. The van der Waals surface area contributed by atoms with Crippen molar-refractivity contribution >= 4 is 22.8 Å². The molecule has 140 valence electrons. The number of hydrogen-bond acceptors (Lipinski definition) is 3. The van der Waals surface area contributed by atoms with E-state index in [0.717, 1.165) is 10.9 Å². The van der Waals surface area contributed by atoms with E-state index in [2.05, 4.69) is 0 Å². The van der Waals surface area contributed by atoms with E-state index in [0.29, 0.717) is 24.2 Å². The molecule has 0 spiro atoms. The number of aromatic nitrogens is 1. The molecule has 3 rings (SSSR count). The number of para-hydroxylation sites is 1. The maximum absolute atomic E-state index is 13.0. The van der Waals surface area contributed by atoms with E-state index < -0.39 is 12.1 Å². The molecule has 0 aliphatic carbocycles. The van der Waals surface area contributed by atoms with Gasteiger partial charge in [0.15, 0.2) is 0 Å². The first-order chi connectivity index (χ1) is 13.1. The first kappa shape index (κ1) is 18.7. The highest BCUT2D eigenvalue weighted by Gasteiger charge is 2.29. The topological polar surface area (TPSA) is 51.5 Å². The smallest absolute Gasteiger partial charge is 0.341 e. The number of benzene rings is 2. The van der Waals surface area contributed by atoms with E-state index >= 15 is 0 Å². The summed E-state index contributed by atoms with van der Waals surface area (Å²) in [7, 11) is 1.88. The maximum atomic E-state index is 13.0. The minimum atomic E-state index is -0.961. The summed E-state index contributed by atoms with van der Waals surface area (Å²) >= 11 is 0. The van der Waals surface area contributed by atoms with E-state index in [1.165, 1.54) is 0 Å². The van der Waals surface area contributed by atoms with Crippen LogP contribution >= 0.6 is 0 Å². The molecule has 0 radical (unpaired) electrons. The van der Waals surface area contributed by atoms with E-state index in [4.69, 9.17) is 4.74 Å². The van der Waals surface area contributed by atoms with Crippen LogP contribution < -0.4 is 0 Å². The number of ether oxygens (including phenoxy) is 1. The molecule has 0 N–H and O–H groups in total. The number of nitrogens with zero attached hydrogens (tertiary/aromatic N) is 2. The predicted octanol–water partition coefficient (Wildman–Crippen LogP) is 3.94. The Labute approximate surface area is 159 Å². The lowest BCUT2D eigenvalue weighted by Gasteiger charge is -2.25. The van der Waals surface area contributed by atoms with Gasteiger partial charge in [0.2, 0.25) is 6.10 Å². The first-order valence-corrected chi connectivity index (χ1v) is 9.15. The second-order valence-electron chi connectivity index (χ2n) is 6.38. The van der Waals surface area contributed by atoms with Gasteiger partial charge in [-0.05, 0) is 19.9 Å². The first-order valence-electron chi connectivity index (χ1n) is 9.15. The van der Waals surface area contributed by atoms with Gasteiger partial charge in [-0.1, -0.05) is 48.5 Å². The molecule has 1 heterocycles. The number of rotatable bonds is 6. The average Bonchev–Trinajstić information content (AvgIpc) is 3.04. The second-order valence-corrected chi connectivity index (χ2v) is 6.38. The van der Waals surface area contributed by atoms with Gasteiger partial charge in [-0.25, -0.2) is 4.79 Å². The number of carbonyl (C=O) groups excluding carboxylic acids is 2. The largest absolute Gasteiger partial charge is 0.444 e. The molecule has 5 nitrogen and oxygen atoms in total. The van der Waals surface area contributed by atoms with Crippen LogP contribution in [-0.4, -0.2) is 34.4 Å². The summed E-state index contributed by atoms with van der Waals surface area (Å²) in [6, 6.07) is 16.8. The number of amides is 1. The zero-order valence-corrected chi connectivity index (χ0v) is 15.9. The summed E-state index contributed by atoms with van der Waals surface area (Å²) in [5, 5.41) is 0.812. The van der Waals surface area contributed by atoms with E-state index in [1.807, 2.05) is 80.1 Å². The van der Waals surface area contributed by atoms with Crippen LogP contribution in [-0.2, 0) is 16.6 Å². The highest BCUT2D eigenvalue weighted by Crippen LogP contribution is 2.26. The summed E-state index contributed by atoms with van der Waals surface area (Å²) in [6.45, 7) is 4.95. The fourth-order valence-electron chi connectivity index (χ4n) is 3.26. The van der Waals surface area contributed by atoms with Crippen molar-refractivity contribution in [3.8, 4) is 0 Å². The average molecular weight is 364 g/mol. The van der Waals surface area contributed by atoms with Gasteiger partial charge in [0, 0.05) is 42.8 Å².